The van der Waals surface area contributed by atoms with Crippen molar-refractivity contribution in [2.75, 3.05) is 47.5 Å². The highest BCUT2D eigenvalue weighted by Crippen LogP contribution is 2.14. The lowest BCUT2D eigenvalue weighted by molar-refractivity contribution is -0.870. The van der Waals surface area contributed by atoms with Gasteiger partial charge in [0.25, 0.3) is 0 Å². The van der Waals surface area contributed by atoms with E-state index in [-0.39, 0.29) is 38.6 Å². The number of hydrogen-bond donors (Lipinski definition) is 0. The molecular weight excluding hydrogens is 971 g/mol. The first-order valence-electron chi connectivity index (χ1n) is 30.5. The highest BCUT2D eigenvalue weighted by molar-refractivity contribution is 5.70. The summed E-state index contributed by atoms with van der Waals surface area (Å²) in [6.45, 7) is 4.57. The fourth-order valence-corrected chi connectivity index (χ4v) is 7.69. The van der Waals surface area contributed by atoms with E-state index in [0.717, 1.165) is 122 Å². The average molecular weight is 1080 g/mol. The molecule has 0 bridgehead atoms. The number of carbonyl (C=O) groups excluding carboxylic acids is 3. The zero-order valence-corrected chi connectivity index (χ0v) is 50.0. The summed E-state index contributed by atoms with van der Waals surface area (Å²) < 4.78 is 22.6. The van der Waals surface area contributed by atoms with Crippen molar-refractivity contribution in [2.24, 2.45) is 0 Å². The lowest BCUT2D eigenvalue weighted by Crippen LogP contribution is -2.44. The van der Waals surface area contributed by atoms with Crippen molar-refractivity contribution >= 4 is 17.9 Å². The molecule has 0 saturated heterocycles. The summed E-state index contributed by atoms with van der Waals surface area (Å²) in [6, 6.07) is 0. The fourth-order valence-electron chi connectivity index (χ4n) is 7.69. The van der Waals surface area contributed by atoms with Crippen LogP contribution in [0.4, 0.5) is 0 Å². The number of quaternary nitrogens is 1. The van der Waals surface area contributed by atoms with Gasteiger partial charge < -0.3 is 33.3 Å². The summed E-state index contributed by atoms with van der Waals surface area (Å²) in [5.74, 6) is -2.33. The summed E-state index contributed by atoms with van der Waals surface area (Å²) >= 11 is 0. The monoisotopic (exact) mass is 1080 g/mol. The van der Waals surface area contributed by atoms with Gasteiger partial charge >= 0.3 is 11.9 Å². The highest BCUT2D eigenvalue weighted by atomic mass is 16.7. The Kier molecular flexibility index (Phi) is 54.7. The minimum Gasteiger partial charge on any atom is -0.545 e. The number of ether oxygens (including phenoxy) is 4. The molecule has 9 nitrogen and oxygen atoms in total. The van der Waals surface area contributed by atoms with Crippen LogP contribution in [0.1, 0.15) is 213 Å². The molecule has 0 aliphatic carbocycles. The number of likely N-dealkylation sites (N-methyl/N-ethyl adjacent to an activating group) is 1. The minimum absolute atomic E-state index is 0.136. The van der Waals surface area contributed by atoms with Gasteiger partial charge in [0, 0.05) is 12.8 Å². The van der Waals surface area contributed by atoms with Crippen LogP contribution in [-0.4, -0.2) is 82.3 Å². The Morgan fingerprint density at radius 3 is 1.09 bits per heavy atom. The Bertz CT molecular complexity index is 1780. The van der Waals surface area contributed by atoms with Gasteiger partial charge in [-0.1, -0.05) is 243 Å². The van der Waals surface area contributed by atoms with Crippen molar-refractivity contribution in [1.29, 1.82) is 0 Å². The number of aliphatic carboxylic acids is 1. The van der Waals surface area contributed by atoms with Crippen LogP contribution < -0.4 is 5.11 Å². The summed E-state index contributed by atoms with van der Waals surface area (Å²) in [5, 5.41) is 11.8. The Morgan fingerprint density at radius 2 is 0.731 bits per heavy atom. The topological polar surface area (TPSA) is 111 Å². The number of hydrogen-bond acceptors (Lipinski definition) is 8. The molecule has 0 N–H and O–H groups in total. The number of nitrogens with zero attached hydrogens (tertiary/aromatic N) is 1. The number of allylic oxidation sites excluding steroid dienone is 24. The zero-order chi connectivity index (χ0) is 56.9. The molecule has 0 amide bonds. The summed E-state index contributed by atoms with van der Waals surface area (Å²) in [4.78, 5) is 37.2. The van der Waals surface area contributed by atoms with E-state index in [0.29, 0.717) is 17.4 Å². The van der Waals surface area contributed by atoms with Crippen molar-refractivity contribution in [3.8, 4) is 0 Å². The molecule has 0 rings (SSSR count). The smallest absolute Gasteiger partial charge is 0.306 e. The quantitative estimate of drug-likeness (QED) is 0.0195. The largest absolute Gasteiger partial charge is 0.545 e. The molecule has 2 unspecified atom stereocenters. The molecule has 0 spiro atoms. The van der Waals surface area contributed by atoms with E-state index in [9.17, 15) is 19.5 Å². The average Bonchev–Trinajstić information content (AvgIpc) is 3.41. The summed E-state index contributed by atoms with van der Waals surface area (Å²) in [5.41, 5.74) is 0. The van der Waals surface area contributed by atoms with Crippen LogP contribution in [0.25, 0.3) is 0 Å². The molecule has 0 saturated carbocycles. The van der Waals surface area contributed by atoms with Crippen molar-refractivity contribution < 1.29 is 42.9 Å². The van der Waals surface area contributed by atoms with Gasteiger partial charge in [-0.05, 0) is 103 Å². The van der Waals surface area contributed by atoms with Gasteiger partial charge in [0.1, 0.15) is 13.2 Å². The number of carbonyl (C=O) groups is 3. The van der Waals surface area contributed by atoms with Gasteiger partial charge in [-0.3, -0.25) is 9.59 Å². The molecule has 0 heterocycles. The summed E-state index contributed by atoms with van der Waals surface area (Å²) in [7, 11) is 5.90. The van der Waals surface area contributed by atoms with Gasteiger partial charge in [0.05, 0.1) is 40.3 Å². The van der Waals surface area contributed by atoms with E-state index in [1.165, 1.54) is 57.8 Å². The van der Waals surface area contributed by atoms with E-state index in [4.69, 9.17) is 18.9 Å². The first-order valence-corrected chi connectivity index (χ1v) is 30.5. The second-order valence-corrected chi connectivity index (χ2v) is 20.9. The summed E-state index contributed by atoms with van der Waals surface area (Å²) in [6.07, 6.45) is 82.0. The molecule has 0 aromatic carbocycles. The standard InChI is InChI=1S/C69H111NO8/c1-6-8-10-12-14-16-18-20-21-22-23-24-25-26-27-28-29-30-31-32-33-34-35-36-37-38-39-40-41-42-43-44-45-46-47-48-50-52-54-56-58-60-67(72)78-65(64-77-69(68(73)74)75-62-61-70(3,4)5)63-76-66(71)59-57-55-53-51-49-19-17-15-13-11-9-7-2/h8,10,14,16,20-21,23-24,26-27,29-30,32-33,35-36,38-39,41-42,44-45,47-48,65,69H,6-7,9,11-13,15,17-19,22,25,28,31,34,37,40,43,46,49-64H2,1-5H3/b10-8-,16-14-,21-20-,24-23-,27-26-,30-29-,33-32-,36-35-,39-38-,42-41-,45-44-,48-47-. The van der Waals surface area contributed by atoms with Crippen LogP contribution in [0.15, 0.2) is 146 Å². The predicted octanol–water partition coefficient (Wildman–Crippen LogP) is 17.1. The number of carboxylic acids is 1. The maximum Gasteiger partial charge on any atom is 0.306 e. The van der Waals surface area contributed by atoms with E-state index in [2.05, 4.69) is 160 Å². The first-order chi connectivity index (χ1) is 38.1. The molecule has 0 radical (unpaired) electrons. The number of esters is 2. The van der Waals surface area contributed by atoms with E-state index in [1.54, 1.807) is 0 Å². The van der Waals surface area contributed by atoms with Crippen LogP contribution >= 0.6 is 0 Å². The van der Waals surface area contributed by atoms with Crippen molar-refractivity contribution in [3.63, 3.8) is 0 Å². The molecule has 0 aromatic heterocycles. The third kappa shape index (κ3) is 58.8. The minimum atomic E-state index is -1.63. The van der Waals surface area contributed by atoms with Crippen LogP contribution in [-0.2, 0) is 33.3 Å². The molecule has 0 aliphatic rings. The molecule has 440 valence electrons. The first kappa shape index (κ1) is 73.2. The third-order valence-corrected chi connectivity index (χ3v) is 12.4. The van der Waals surface area contributed by atoms with E-state index in [1.807, 2.05) is 21.1 Å². The lowest BCUT2D eigenvalue weighted by Gasteiger charge is -2.26. The van der Waals surface area contributed by atoms with Crippen LogP contribution in [0, 0.1) is 0 Å². The Hall–Kier alpha value is -4.83. The van der Waals surface area contributed by atoms with Crippen molar-refractivity contribution in [2.45, 2.75) is 225 Å². The van der Waals surface area contributed by atoms with Gasteiger partial charge in [-0.15, -0.1) is 0 Å². The Labute approximate surface area is 477 Å². The molecule has 0 aromatic rings. The number of unbranched alkanes of at least 4 members (excludes halogenated alkanes) is 15. The molecule has 0 fully saturated rings. The lowest BCUT2D eigenvalue weighted by atomic mass is 10.0. The molecule has 2 atom stereocenters. The van der Waals surface area contributed by atoms with Crippen LogP contribution in [0.3, 0.4) is 0 Å². The third-order valence-electron chi connectivity index (χ3n) is 12.4. The maximum absolute atomic E-state index is 12.8. The van der Waals surface area contributed by atoms with Crippen LogP contribution in [0.5, 0.6) is 0 Å². The Balaban J connectivity index is 4.22. The van der Waals surface area contributed by atoms with Gasteiger partial charge in [0.15, 0.2) is 12.4 Å². The predicted molar refractivity (Wildman–Crippen MR) is 329 cm³/mol. The van der Waals surface area contributed by atoms with E-state index >= 15 is 0 Å². The normalized spacial score (nSPS) is 13.8. The second-order valence-electron chi connectivity index (χ2n) is 20.9. The number of rotatable bonds is 54. The van der Waals surface area contributed by atoms with Gasteiger partial charge in [-0.25, -0.2) is 0 Å². The SMILES string of the molecule is CC/C=C\C/C=C\C/C=C\C/C=C\C/C=C\C/C=C\C/C=C\C/C=C\C/C=C\C/C=C\C/C=C\C/C=C\CCCCCCC(=O)OC(COC(=O)CCCCCCCCCCCCCC)COC(OCC[N+](C)(C)C)C(=O)[O-]. The van der Waals surface area contributed by atoms with Crippen molar-refractivity contribution in [1.82, 2.24) is 0 Å². The Morgan fingerprint density at radius 1 is 0.397 bits per heavy atom. The second kappa shape index (κ2) is 58.3. The molecular formula is C69H111NO8. The molecule has 0 aliphatic heterocycles. The number of carboxylic acid groups (broad SMARTS) is 1. The van der Waals surface area contributed by atoms with E-state index < -0.39 is 24.3 Å². The maximum atomic E-state index is 12.8. The van der Waals surface area contributed by atoms with Crippen molar-refractivity contribution in [3.05, 3.63) is 146 Å². The zero-order valence-electron chi connectivity index (χ0n) is 50.0. The fraction of sp³-hybridized carbons (Fsp3) is 0.609. The molecule has 9 heteroatoms. The molecule has 78 heavy (non-hydrogen) atoms. The van der Waals surface area contributed by atoms with Crippen LogP contribution in [0.2, 0.25) is 0 Å². The van der Waals surface area contributed by atoms with Gasteiger partial charge in [0.2, 0.25) is 0 Å². The highest BCUT2D eigenvalue weighted by Gasteiger charge is 2.22. The van der Waals surface area contributed by atoms with Gasteiger partial charge in [-0.2, -0.15) is 0 Å².